The highest BCUT2D eigenvalue weighted by molar-refractivity contribution is 6.23. The zero-order valence-corrected chi connectivity index (χ0v) is 34.8. The van der Waals surface area contributed by atoms with Gasteiger partial charge in [0, 0.05) is 5.41 Å². The standard InChI is InChI=1S/C60H44N2/c1-60(2)53-27-10-9-26-47(53)49-36-51-52(37-54(49)60)58(45-24-14-21-41(33-45)39-18-7-4-8-19-39)50-35-43(42-22-15-25-46(34-42)59-61-55-28-11-12-29-56(55)62-59)30-31-48(50)57(51)44-23-13-20-40(32-44)38-16-5-3-6-17-38/h3-37,59,61-62H,1-2H3. The van der Waals surface area contributed by atoms with Crippen LogP contribution in [0.15, 0.2) is 212 Å². The fraction of sp³-hybridized carbons (Fsp3) is 0.0667. The summed E-state index contributed by atoms with van der Waals surface area (Å²) in [7, 11) is 0. The van der Waals surface area contributed by atoms with E-state index < -0.39 is 0 Å². The first kappa shape index (κ1) is 36.2. The smallest absolute Gasteiger partial charge is 0.123 e. The molecular formula is C60H44N2. The van der Waals surface area contributed by atoms with Gasteiger partial charge in [-0.25, -0.2) is 0 Å². The second-order valence-electron chi connectivity index (χ2n) is 17.4. The molecule has 2 aliphatic rings. The molecule has 0 fully saturated rings. The summed E-state index contributed by atoms with van der Waals surface area (Å²) in [5.74, 6) is 0. The molecular weight excluding hydrogens is 749 g/mol. The minimum Gasteiger partial charge on any atom is -0.360 e. The molecule has 0 amide bonds. The molecule has 0 aromatic heterocycles. The van der Waals surface area contributed by atoms with E-state index >= 15 is 0 Å². The third-order valence-electron chi connectivity index (χ3n) is 13.4. The molecule has 0 saturated carbocycles. The number of rotatable bonds is 6. The summed E-state index contributed by atoms with van der Waals surface area (Å²) < 4.78 is 0. The second-order valence-corrected chi connectivity index (χ2v) is 17.4. The number of hydrogen-bond acceptors (Lipinski definition) is 2. The van der Waals surface area contributed by atoms with Gasteiger partial charge < -0.3 is 10.6 Å². The molecule has 0 atom stereocenters. The number of hydrogen-bond donors (Lipinski definition) is 2. The molecule has 0 saturated heterocycles. The quantitative estimate of drug-likeness (QED) is 0.164. The van der Waals surface area contributed by atoms with Crippen molar-refractivity contribution in [1.82, 2.24) is 0 Å². The van der Waals surface area contributed by atoms with Crippen molar-refractivity contribution in [2.24, 2.45) is 0 Å². The van der Waals surface area contributed by atoms with Gasteiger partial charge in [0.1, 0.15) is 6.17 Å². The molecule has 1 aliphatic heterocycles. The van der Waals surface area contributed by atoms with Gasteiger partial charge in [-0.2, -0.15) is 0 Å². The van der Waals surface area contributed by atoms with Crippen molar-refractivity contribution in [3.8, 4) is 66.8 Å². The van der Waals surface area contributed by atoms with Gasteiger partial charge in [-0.15, -0.1) is 0 Å². The highest BCUT2D eigenvalue weighted by atomic mass is 15.2. The van der Waals surface area contributed by atoms with Crippen molar-refractivity contribution in [2.75, 3.05) is 10.6 Å². The minimum absolute atomic E-state index is 0.00824. The van der Waals surface area contributed by atoms with Crippen molar-refractivity contribution >= 4 is 32.9 Å². The van der Waals surface area contributed by atoms with Gasteiger partial charge in [0.25, 0.3) is 0 Å². The number of fused-ring (bicyclic) bond motifs is 6. The molecule has 2 heteroatoms. The van der Waals surface area contributed by atoms with Crippen molar-refractivity contribution in [2.45, 2.75) is 25.4 Å². The molecule has 2 N–H and O–H groups in total. The molecule has 62 heavy (non-hydrogen) atoms. The van der Waals surface area contributed by atoms with Gasteiger partial charge in [-0.1, -0.05) is 178 Å². The van der Waals surface area contributed by atoms with Crippen LogP contribution in [0.5, 0.6) is 0 Å². The van der Waals surface area contributed by atoms with Crippen LogP contribution in [-0.4, -0.2) is 0 Å². The van der Waals surface area contributed by atoms with Gasteiger partial charge in [0.15, 0.2) is 0 Å². The molecule has 0 unspecified atom stereocenters. The first-order valence-electron chi connectivity index (χ1n) is 21.7. The van der Waals surface area contributed by atoms with Crippen LogP contribution < -0.4 is 10.6 Å². The average Bonchev–Trinajstić information content (AvgIpc) is 3.87. The molecule has 10 aromatic rings. The fourth-order valence-corrected chi connectivity index (χ4v) is 10.3. The normalized spacial score (nSPS) is 13.6. The van der Waals surface area contributed by atoms with Crippen LogP contribution in [0.3, 0.4) is 0 Å². The lowest BCUT2D eigenvalue weighted by Crippen LogP contribution is -2.14. The molecule has 12 rings (SSSR count). The first-order valence-corrected chi connectivity index (χ1v) is 21.7. The van der Waals surface area contributed by atoms with Crippen LogP contribution in [0, 0.1) is 0 Å². The molecule has 1 aliphatic carbocycles. The fourth-order valence-electron chi connectivity index (χ4n) is 10.3. The molecule has 2 nitrogen and oxygen atoms in total. The third-order valence-corrected chi connectivity index (χ3v) is 13.4. The Morgan fingerprint density at radius 3 is 1.47 bits per heavy atom. The largest absolute Gasteiger partial charge is 0.360 e. The zero-order valence-electron chi connectivity index (χ0n) is 34.8. The summed E-state index contributed by atoms with van der Waals surface area (Å²) in [6, 6.07) is 78.5. The maximum Gasteiger partial charge on any atom is 0.123 e. The highest BCUT2D eigenvalue weighted by Crippen LogP contribution is 2.54. The molecule has 10 aromatic carbocycles. The van der Waals surface area contributed by atoms with Gasteiger partial charge >= 0.3 is 0 Å². The Morgan fingerprint density at radius 2 is 0.806 bits per heavy atom. The second kappa shape index (κ2) is 14.2. The van der Waals surface area contributed by atoms with E-state index in [0.717, 1.165) is 11.4 Å². The SMILES string of the molecule is CC1(C)c2ccccc2-c2cc3c(-c4cccc(-c5ccccc5)c4)c4ccc(-c5cccc(C6Nc7ccccc7N6)c5)cc4c(-c4cccc(-c5ccccc5)c4)c3cc21. The summed E-state index contributed by atoms with van der Waals surface area (Å²) in [4.78, 5) is 0. The number of para-hydroxylation sites is 2. The molecule has 294 valence electrons. The lowest BCUT2D eigenvalue weighted by atomic mass is 9.79. The summed E-state index contributed by atoms with van der Waals surface area (Å²) >= 11 is 0. The lowest BCUT2D eigenvalue weighted by Gasteiger charge is -2.24. The maximum absolute atomic E-state index is 3.69. The number of nitrogens with one attached hydrogen (secondary N) is 2. The van der Waals surface area contributed by atoms with E-state index in [-0.39, 0.29) is 11.6 Å². The average molecular weight is 793 g/mol. The highest BCUT2D eigenvalue weighted by Gasteiger charge is 2.36. The number of anilines is 2. The van der Waals surface area contributed by atoms with E-state index in [9.17, 15) is 0 Å². The van der Waals surface area contributed by atoms with Gasteiger partial charge in [0.05, 0.1) is 11.4 Å². The zero-order chi connectivity index (χ0) is 41.4. The number of benzene rings is 10. The van der Waals surface area contributed by atoms with E-state index in [4.69, 9.17) is 0 Å². The maximum atomic E-state index is 3.69. The Balaban J connectivity index is 1.15. The molecule has 0 bridgehead atoms. The van der Waals surface area contributed by atoms with Gasteiger partial charge in [0.2, 0.25) is 0 Å². The minimum atomic E-state index is -0.157. The Kier molecular flexibility index (Phi) is 8.30. The molecule has 0 radical (unpaired) electrons. The van der Waals surface area contributed by atoms with Crippen LogP contribution in [-0.2, 0) is 5.41 Å². The van der Waals surface area contributed by atoms with Gasteiger partial charge in [-0.3, -0.25) is 0 Å². The van der Waals surface area contributed by atoms with E-state index in [1.165, 1.54) is 105 Å². The monoisotopic (exact) mass is 792 g/mol. The predicted molar refractivity (Wildman–Crippen MR) is 263 cm³/mol. The Labute approximate surface area is 363 Å². The first-order chi connectivity index (χ1) is 30.5. The summed E-state index contributed by atoms with van der Waals surface area (Å²) in [5, 5.41) is 12.4. The van der Waals surface area contributed by atoms with E-state index in [1.54, 1.807) is 0 Å². The van der Waals surface area contributed by atoms with Crippen molar-refractivity contribution in [1.29, 1.82) is 0 Å². The van der Waals surface area contributed by atoms with Crippen molar-refractivity contribution in [3.63, 3.8) is 0 Å². The van der Waals surface area contributed by atoms with Gasteiger partial charge in [-0.05, 0) is 154 Å². The van der Waals surface area contributed by atoms with Crippen molar-refractivity contribution < 1.29 is 0 Å². The van der Waals surface area contributed by atoms with Crippen LogP contribution >= 0.6 is 0 Å². The topological polar surface area (TPSA) is 24.1 Å². The third kappa shape index (κ3) is 5.86. The van der Waals surface area contributed by atoms with E-state index in [2.05, 4.69) is 237 Å². The summed E-state index contributed by atoms with van der Waals surface area (Å²) in [6.45, 7) is 4.78. The molecule has 1 heterocycles. The Bertz CT molecular complexity index is 3350. The Morgan fingerprint density at radius 1 is 0.323 bits per heavy atom. The molecule has 0 spiro atoms. The predicted octanol–water partition coefficient (Wildman–Crippen LogP) is 16.2. The summed E-state index contributed by atoms with van der Waals surface area (Å²) in [6.07, 6.45) is -0.00824. The lowest BCUT2D eigenvalue weighted by molar-refractivity contribution is 0.661. The van der Waals surface area contributed by atoms with Crippen molar-refractivity contribution in [3.05, 3.63) is 229 Å². The van der Waals surface area contributed by atoms with E-state index in [0.29, 0.717) is 0 Å². The summed E-state index contributed by atoms with van der Waals surface area (Å²) in [5.41, 5.74) is 20.9. The van der Waals surface area contributed by atoms with E-state index in [1.807, 2.05) is 0 Å². The van der Waals surface area contributed by atoms with Crippen LogP contribution in [0.25, 0.3) is 88.3 Å². The van der Waals surface area contributed by atoms with Crippen LogP contribution in [0.1, 0.15) is 36.7 Å². The van der Waals surface area contributed by atoms with Crippen LogP contribution in [0.2, 0.25) is 0 Å². The van der Waals surface area contributed by atoms with Crippen LogP contribution in [0.4, 0.5) is 11.4 Å². The Hall–Kier alpha value is -7.68.